The van der Waals surface area contributed by atoms with E-state index in [1.807, 2.05) is 6.07 Å². The zero-order chi connectivity index (χ0) is 24.6. The Morgan fingerprint density at radius 2 is 2.00 bits per heavy atom. The Labute approximate surface area is 197 Å². The Balaban J connectivity index is 1.44. The number of nitrogen functional groups attached to an aromatic ring is 1. The third kappa shape index (κ3) is 4.02. The number of benzene rings is 2. The molecule has 10 nitrogen and oxygen atoms in total. The molecule has 1 aliphatic rings. The molecule has 4 amide bonds. The highest BCUT2D eigenvalue weighted by Crippen LogP contribution is 2.31. The third-order valence-electron chi connectivity index (χ3n) is 5.35. The lowest BCUT2D eigenvalue weighted by Crippen LogP contribution is -2.42. The Morgan fingerprint density at radius 1 is 1.29 bits per heavy atom. The molecule has 34 heavy (non-hydrogen) atoms. The molecule has 1 unspecified atom stereocenters. The molecule has 12 heteroatoms. The number of halogens is 2. The molecular weight excluding hydrogens is 465 g/mol. The fourth-order valence-electron chi connectivity index (χ4n) is 3.49. The van der Waals surface area contributed by atoms with E-state index in [2.05, 4.69) is 15.7 Å². The Hall–Kier alpha value is -4.43. The Kier molecular flexibility index (Phi) is 5.68. The molecule has 4 N–H and O–H groups in total. The standard InChI is InChI=1S/C22H17ClFN7O3/c1-22(13-2-7-17(24)16(23)8-13)20(33)30(21(34)28-22)11-18(32)27-14-3-5-15(6-4-14)31-10-12(9-25)19(26)29-31/h2-8,10H,11H2,1H3,(H2,26,29)(H,27,32)(H,28,34). The van der Waals surface area contributed by atoms with Crippen LogP contribution in [0.2, 0.25) is 5.02 Å². The lowest BCUT2D eigenvalue weighted by Gasteiger charge is -2.22. The van der Waals surface area contributed by atoms with Gasteiger partial charge in [-0.1, -0.05) is 17.7 Å². The number of nitrogens with one attached hydrogen (secondary N) is 2. The summed E-state index contributed by atoms with van der Waals surface area (Å²) in [4.78, 5) is 38.7. The minimum absolute atomic E-state index is 0.100. The zero-order valence-corrected chi connectivity index (χ0v) is 18.4. The summed E-state index contributed by atoms with van der Waals surface area (Å²) >= 11 is 5.81. The van der Waals surface area contributed by atoms with E-state index in [0.29, 0.717) is 11.4 Å². The smallest absolute Gasteiger partial charge is 0.325 e. The van der Waals surface area contributed by atoms with E-state index in [1.54, 1.807) is 24.3 Å². The number of nitrogens with zero attached hydrogens (tertiary/aromatic N) is 4. The van der Waals surface area contributed by atoms with Crippen molar-refractivity contribution in [3.05, 3.63) is 70.6 Å². The number of hydrogen-bond donors (Lipinski definition) is 3. The SMILES string of the molecule is CC1(c2ccc(F)c(Cl)c2)NC(=O)N(CC(=O)Nc2ccc(-n3cc(C#N)c(N)n3)cc2)C1=O. The molecule has 0 spiro atoms. The zero-order valence-electron chi connectivity index (χ0n) is 17.7. The van der Waals surface area contributed by atoms with Crippen LogP contribution in [0.25, 0.3) is 5.69 Å². The maximum absolute atomic E-state index is 13.5. The van der Waals surface area contributed by atoms with Crippen molar-refractivity contribution in [1.29, 1.82) is 5.26 Å². The number of rotatable bonds is 5. The maximum atomic E-state index is 13.5. The van der Waals surface area contributed by atoms with E-state index in [0.717, 1.165) is 11.0 Å². The molecule has 0 radical (unpaired) electrons. The molecule has 2 heterocycles. The molecule has 1 fully saturated rings. The summed E-state index contributed by atoms with van der Waals surface area (Å²) in [5.74, 6) is -1.83. The van der Waals surface area contributed by atoms with Gasteiger partial charge in [0.25, 0.3) is 5.91 Å². The molecule has 1 atom stereocenters. The van der Waals surface area contributed by atoms with Crippen molar-refractivity contribution in [2.75, 3.05) is 17.6 Å². The monoisotopic (exact) mass is 481 g/mol. The summed E-state index contributed by atoms with van der Waals surface area (Å²) in [6.45, 7) is 0.922. The summed E-state index contributed by atoms with van der Waals surface area (Å²) in [6.07, 6.45) is 1.48. The van der Waals surface area contributed by atoms with Gasteiger partial charge in [-0.15, -0.1) is 5.10 Å². The van der Waals surface area contributed by atoms with E-state index in [4.69, 9.17) is 22.6 Å². The van der Waals surface area contributed by atoms with E-state index >= 15 is 0 Å². The Morgan fingerprint density at radius 3 is 2.62 bits per heavy atom. The molecule has 1 aliphatic heterocycles. The van der Waals surface area contributed by atoms with E-state index in [1.165, 1.54) is 29.9 Å². The Bertz CT molecular complexity index is 1370. The molecular formula is C22H17ClFN7O3. The van der Waals surface area contributed by atoms with Crippen LogP contribution < -0.4 is 16.4 Å². The quantitative estimate of drug-likeness (QED) is 0.477. The van der Waals surface area contributed by atoms with Crippen molar-refractivity contribution in [2.45, 2.75) is 12.5 Å². The first-order valence-corrected chi connectivity index (χ1v) is 10.3. The van der Waals surface area contributed by atoms with Gasteiger partial charge in [0.15, 0.2) is 5.82 Å². The van der Waals surface area contributed by atoms with Crippen LogP contribution in [0.15, 0.2) is 48.7 Å². The largest absolute Gasteiger partial charge is 0.381 e. The number of urea groups is 1. The van der Waals surface area contributed by atoms with Crippen LogP contribution in [-0.2, 0) is 15.1 Å². The van der Waals surface area contributed by atoms with Gasteiger partial charge >= 0.3 is 6.03 Å². The molecule has 172 valence electrons. The molecule has 3 aromatic rings. The van der Waals surface area contributed by atoms with Crippen LogP contribution in [0.4, 0.5) is 20.7 Å². The van der Waals surface area contributed by atoms with Gasteiger partial charge in [0.2, 0.25) is 5.91 Å². The van der Waals surface area contributed by atoms with Gasteiger partial charge in [-0.2, -0.15) is 5.26 Å². The van der Waals surface area contributed by atoms with Crippen molar-refractivity contribution in [3.63, 3.8) is 0 Å². The van der Waals surface area contributed by atoms with Crippen LogP contribution in [0.1, 0.15) is 18.1 Å². The van der Waals surface area contributed by atoms with Crippen LogP contribution in [0.5, 0.6) is 0 Å². The summed E-state index contributed by atoms with van der Waals surface area (Å²) in [7, 11) is 0. The second-order valence-electron chi connectivity index (χ2n) is 7.65. The van der Waals surface area contributed by atoms with E-state index in [-0.39, 0.29) is 22.0 Å². The number of amides is 4. The number of hydrogen-bond acceptors (Lipinski definition) is 6. The highest BCUT2D eigenvalue weighted by Gasteiger charge is 2.49. The molecule has 4 rings (SSSR count). The minimum atomic E-state index is -1.50. The number of nitriles is 1. The van der Waals surface area contributed by atoms with Crippen molar-refractivity contribution < 1.29 is 18.8 Å². The summed E-state index contributed by atoms with van der Waals surface area (Å²) in [6, 6.07) is 11.3. The number of carbonyl (C=O) groups excluding carboxylic acids is 3. The molecule has 1 saturated heterocycles. The van der Waals surface area contributed by atoms with Crippen LogP contribution in [-0.4, -0.2) is 39.1 Å². The number of aromatic nitrogens is 2. The first-order valence-electron chi connectivity index (χ1n) is 9.87. The molecule has 0 aliphatic carbocycles. The van der Waals surface area contributed by atoms with Gasteiger partial charge in [0.1, 0.15) is 29.5 Å². The van der Waals surface area contributed by atoms with Gasteiger partial charge in [0, 0.05) is 5.69 Å². The number of anilines is 2. The molecule has 0 saturated carbocycles. The normalized spacial score (nSPS) is 17.4. The second-order valence-corrected chi connectivity index (χ2v) is 8.06. The van der Waals surface area contributed by atoms with E-state index < -0.39 is 35.7 Å². The maximum Gasteiger partial charge on any atom is 0.325 e. The highest BCUT2D eigenvalue weighted by atomic mass is 35.5. The average Bonchev–Trinajstić information content (AvgIpc) is 3.28. The molecule has 0 bridgehead atoms. The van der Waals surface area contributed by atoms with Gasteiger partial charge in [-0.3, -0.25) is 14.5 Å². The van der Waals surface area contributed by atoms with Crippen LogP contribution in [0, 0.1) is 17.1 Å². The van der Waals surface area contributed by atoms with Gasteiger partial charge in [0.05, 0.1) is 16.9 Å². The van der Waals surface area contributed by atoms with Crippen molar-refractivity contribution >= 4 is 41.0 Å². The van der Waals surface area contributed by atoms with Crippen molar-refractivity contribution in [1.82, 2.24) is 20.0 Å². The lowest BCUT2D eigenvalue weighted by molar-refractivity contribution is -0.133. The average molecular weight is 482 g/mol. The van der Waals surface area contributed by atoms with Crippen LogP contribution in [0.3, 0.4) is 0 Å². The summed E-state index contributed by atoms with van der Waals surface area (Å²) in [5, 5.41) is 18.0. The first kappa shape index (κ1) is 22.8. The van der Waals surface area contributed by atoms with Gasteiger partial charge < -0.3 is 16.4 Å². The summed E-state index contributed by atoms with van der Waals surface area (Å²) < 4.78 is 14.9. The third-order valence-corrected chi connectivity index (χ3v) is 5.64. The predicted molar refractivity (Wildman–Crippen MR) is 120 cm³/mol. The highest BCUT2D eigenvalue weighted by molar-refractivity contribution is 6.30. The topological polar surface area (TPSA) is 146 Å². The predicted octanol–water partition coefficient (Wildman–Crippen LogP) is 2.52. The van der Waals surface area contributed by atoms with Gasteiger partial charge in [-0.25, -0.2) is 13.9 Å². The fourth-order valence-corrected chi connectivity index (χ4v) is 3.67. The van der Waals surface area contributed by atoms with Crippen molar-refractivity contribution in [3.8, 4) is 11.8 Å². The molecule has 1 aromatic heterocycles. The fraction of sp³-hybridized carbons (Fsp3) is 0.136. The second kappa shape index (κ2) is 8.49. The van der Waals surface area contributed by atoms with Crippen molar-refractivity contribution in [2.24, 2.45) is 0 Å². The first-order chi connectivity index (χ1) is 16.1. The van der Waals surface area contributed by atoms with Crippen LogP contribution >= 0.6 is 11.6 Å². The van der Waals surface area contributed by atoms with E-state index in [9.17, 15) is 18.8 Å². The number of nitrogens with two attached hydrogens (primary N) is 1. The lowest BCUT2D eigenvalue weighted by atomic mass is 9.92. The van der Waals surface area contributed by atoms with Gasteiger partial charge in [-0.05, 0) is 48.9 Å². The molecule has 2 aromatic carbocycles. The summed E-state index contributed by atoms with van der Waals surface area (Å²) in [5.41, 5.74) is 5.70. The minimum Gasteiger partial charge on any atom is -0.381 e. The number of imide groups is 1. The number of carbonyl (C=O) groups is 3.